The average molecular weight is 420 g/mol. The van der Waals surface area contributed by atoms with E-state index in [1.165, 1.54) is 0 Å². The van der Waals surface area contributed by atoms with E-state index in [1.54, 1.807) is 17.1 Å². The SMILES string of the molecule is Cl.Cl.O=C(Nc1ccnc(-c2ccccc2)c1)C1(n2cccn2)CCNCC1. The molecule has 0 spiro atoms. The maximum atomic E-state index is 13.2. The number of pyridine rings is 1. The number of anilines is 1. The van der Waals surface area contributed by atoms with E-state index in [0.29, 0.717) is 12.8 Å². The Kier molecular flexibility index (Phi) is 7.57. The molecule has 0 bridgehead atoms. The fourth-order valence-corrected chi connectivity index (χ4v) is 3.45. The highest BCUT2D eigenvalue weighted by molar-refractivity contribution is 5.97. The number of amides is 1. The predicted octanol–water partition coefficient (Wildman–Crippen LogP) is 3.51. The fraction of sp³-hybridized carbons (Fsp3) is 0.250. The predicted molar refractivity (Wildman–Crippen MR) is 115 cm³/mol. The fourth-order valence-electron chi connectivity index (χ4n) is 3.45. The van der Waals surface area contributed by atoms with E-state index in [2.05, 4.69) is 20.7 Å². The summed E-state index contributed by atoms with van der Waals surface area (Å²) in [7, 11) is 0. The Morgan fingerprint density at radius 2 is 1.79 bits per heavy atom. The van der Waals surface area contributed by atoms with Crippen LogP contribution in [-0.2, 0) is 10.3 Å². The van der Waals surface area contributed by atoms with E-state index in [9.17, 15) is 4.79 Å². The van der Waals surface area contributed by atoms with Crippen LogP contribution in [0, 0.1) is 0 Å². The van der Waals surface area contributed by atoms with Gasteiger partial charge < -0.3 is 10.6 Å². The molecule has 6 nitrogen and oxygen atoms in total. The van der Waals surface area contributed by atoms with Crippen molar-refractivity contribution in [1.82, 2.24) is 20.1 Å². The Balaban J connectivity index is 0.00000140. The number of hydrogen-bond donors (Lipinski definition) is 2. The van der Waals surface area contributed by atoms with Gasteiger partial charge in [-0.05, 0) is 44.1 Å². The molecule has 1 fully saturated rings. The van der Waals surface area contributed by atoms with Crippen LogP contribution in [0.2, 0.25) is 0 Å². The van der Waals surface area contributed by atoms with Gasteiger partial charge in [-0.1, -0.05) is 30.3 Å². The van der Waals surface area contributed by atoms with Gasteiger partial charge in [-0.3, -0.25) is 14.5 Å². The number of hydrogen-bond acceptors (Lipinski definition) is 4. The third kappa shape index (κ3) is 4.35. The van der Waals surface area contributed by atoms with Gasteiger partial charge in [0, 0.05) is 29.8 Å². The molecule has 28 heavy (non-hydrogen) atoms. The highest BCUT2D eigenvalue weighted by Crippen LogP contribution is 2.29. The molecular weight excluding hydrogens is 397 g/mol. The van der Waals surface area contributed by atoms with Crippen LogP contribution in [0.5, 0.6) is 0 Å². The Morgan fingerprint density at radius 1 is 1.04 bits per heavy atom. The van der Waals surface area contributed by atoms with Crippen molar-refractivity contribution < 1.29 is 4.79 Å². The zero-order chi connectivity index (χ0) is 17.8. The van der Waals surface area contributed by atoms with Gasteiger partial charge in [0.1, 0.15) is 5.54 Å². The number of benzene rings is 1. The van der Waals surface area contributed by atoms with Crippen LogP contribution in [0.4, 0.5) is 5.69 Å². The van der Waals surface area contributed by atoms with E-state index < -0.39 is 5.54 Å². The zero-order valence-corrected chi connectivity index (χ0v) is 16.9. The highest BCUT2D eigenvalue weighted by atomic mass is 35.5. The molecule has 0 saturated carbocycles. The van der Waals surface area contributed by atoms with Gasteiger partial charge in [-0.2, -0.15) is 5.10 Å². The second-order valence-electron chi connectivity index (χ2n) is 6.48. The molecule has 3 heterocycles. The smallest absolute Gasteiger partial charge is 0.252 e. The second kappa shape index (κ2) is 9.68. The first-order valence-corrected chi connectivity index (χ1v) is 8.82. The lowest BCUT2D eigenvalue weighted by molar-refractivity contribution is -0.126. The summed E-state index contributed by atoms with van der Waals surface area (Å²) < 4.78 is 1.79. The topological polar surface area (TPSA) is 71.8 Å². The number of carbonyl (C=O) groups excluding carboxylic acids is 1. The number of halogens is 2. The molecule has 3 aromatic rings. The molecule has 2 N–H and O–H groups in total. The standard InChI is InChI=1S/C20H21N5O.2ClH/c26-19(20(8-12-21-13-9-20)25-14-4-10-23-25)24-17-7-11-22-18(15-17)16-5-2-1-3-6-16;;/h1-7,10-11,14-15,21H,8-9,12-13H2,(H,22,24,26);2*1H. The minimum absolute atomic E-state index is 0. The molecule has 1 amide bonds. The van der Waals surface area contributed by atoms with Crippen LogP contribution in [0.25, 0.3) is 11.3 Å². The zero-order valence-electron chi connectivity index (χ0n) is 15.2. The van der Waals surface area contributed by atoms with Gasteiger partial charge in [0.05, 0.1) is 5.69 Å². The Morgan fingerprint density at radius 3 is 2.46 bits per heavy atom. The largest absolute Gasteiger partial charge is 0.324 e. The van der Waals surface area contributed by atoms with Crippen molar-refractivity contribution in [2.24, 2.45) is 0 Å². The van der Waals surface area contributed by atoms with Crippen molar-refractivity contribution in [2.45, 2.75) is 18.4 Å². The molecule has 148 valence electrons. The van der Waals surface area contributed by atoms with Crippen molar-refractivity contribution in [1.29, 1.82) is 0 Å². The first-order chi connectivity index (χ1) is 12.8. The van der Waals surface area contributed by atoms with E-state index >= 15 is 0 Å². The van der Waals surface area contributed by atoms with Crippen molar-refractivity contribution in [3.63, 3.8) is 0 Å². The number of nitrogens with zero attached hydrogens (tertiary/aromatic N) is 3. The molecule has 0 radical (unpaired) electrons. The quantitative estimate of drug-likeness (QED) is 0.678. The molecule has 8 heteroatoms. The number of aromatic nitrogens is 3. The van der Waals surface area contributed by atoms with E-state index in [0.717, 1.165) is 30.0 Å². The molecule has 1 saturated heterocycles. The minimum atomic E-state index is -0.662. The van der Waals surface area contributed by atoms with Crippen molar-refractivity contribution in [3.05, 3.63) is 67.1 Å². The van der Waals surface area contributed by atoms with Gasteiger partial charge >= 0.3 is 0 Å². The molecule has 0 aliphatic carbocycles. The summed E-state index contributed by atoms with van der Waals surface area (Å²) in [6.07, 6.45) is 6.72. The Bertz CT molecular complexity index is 881. The molecular formula is C20H23Cl2N5O. The number of rotatable bonds is 4. The van der Waals surface area contributed by atoms with Crippen LogP contribution >= 0.6 is 24.8 Å². The summed E-state index contributed by atoms with van der Waals surface area (Å²) >= 11 is 0. The van der Waals surface area contributed by atoms with Crippen molar-refractivity contribution in [3.8, 4) is 11.3 Å². The second-order valence-corrected chi connectivity index (χ2v) is 6.48. The van der Waals surface area contributed by atoms with Crippen LogP contribution < -0.4 is 10.6 Å². The van der Waals surface area contributed by atoms with Crippen LogP contribution in [0.15, 0.2) is 67.1 Å². The summed E-state index contributed by atoms with van der Waals surface area (Å²) in [5.74, 6) is -0.0343. The third-order valence-corrected chi connectivity index (χ3v) is 4.88. The lowest BCUT2D eigenvalue weighted by Crippen LogP contribution is -2.52. The highest BCUT2D eigenvalue weighted by Gasteiger charge is 2.42. The molecule has 1 aromatic carbocycles. The van der Waals surface area contributed by atoms with E-state index in [-0.39, 0.29) is 30.7 Å². The van der Waals surface area contributed by atoms with Crippen LogP contribution in [-0.4, -0.2) is 33.8 Å². The maximum Gasteiger partial charge on any atom is 0.252 e. The lowest BCUT2D eigenvalue weighted by Gasteiger charge is -2.36. The number of piperidine rings is 1. The Labute approximate surface area is 176 Å². The molecule has 0 atom stereocenters. The Hall–Kier alpha value is -2.41. The first-order valence-electron chi connectivity index (χ1n) is 8.82. The van der Waals surface area contributed by atoms with Gasteiger partial charge in [0.25, 0.3) is 5.91 Å². The normalized spacial score (nSPS) is 15.0. The first kappa shape index (κ1) is 21.9. The van der Waals surface area contributed by atoms with E-state index in [4.69, 9.17) is 0 Å². The van der Waals surface area contributed by atoms with Crippen molar-refractivity contribution >= 4 is 36.4 Å². The maximum absolute atomic E-state index is 13.2. The minimum Gasteiger partial charge on any atom is -0.324 e. The summed E-state index contributed by atoms with van der Waals surface area (Å²) in [6, 6.07) is 15.5. The molecule has 2 aromatic heterocycles. The van der Waals surface area contributed by atoms with Crippen LogP contribution in [0.1, 0.15) is 12.8 Å². The summed E-state index contributed by atoms with van der Waals surface area (Å²) in [5.41, 5.74) is 1.94. The summed E-state index contributed by atoms with van der Waals surface area (Å²) in [5, 5.41) is 10.8. The monoisotopic (exact) mass is 419 g/mol. The lowest BCUT2D eigenvalue weighted by atomic mass is 9.87. The van der Waals surface area contributed by atoms with Crippen LogP contribution in [0.3, 0.4) is 0 Å². The van der Waals surface area contributed by atoms with Gasteiger partial charge in [-0.15, -0.1) is 24.8 Å². The molecule has 0 unspecified atom stereocenters. The summed E-state index contributed by atoms with van der Waals surface area (Å²) in [4.78, 5) is 17.6. The molecule has 1 aliphatic rings. The van der Waals surface area contributed by atoms with Gasteiger partial charge in [0.15, 0.2) is 0 Å². The number of carbonyl (C=O) groups is 1. The molecule has 4 rings (SSSR count). The summed E-state index contributed by atoms with van der Waals surface area (Å²) in [6.45, 7) is 1.58. The van der Waals surface area contributed by atoms with E-state index in [1.807, 2.05) is 54.7 Å². The molecule has 1 aliphatic heterocycles. The van der Waals surface area contributed by atoms with Crippen molar-refractivity contribution in [2.75, 3.05) is 18.4 Å². The van der Waals surface area contributed by atoms with Gasteiger partial charge in [0.2, 0.25) is 0 Å². The number of nitrogens with one attached hydrogen (secondary N) is 2. The third-order valence-electron chi connectivity index (χ3n) is 4.88. The average Bonchev–Trinajstić information content (AvgIpc) is 3.25. The van der Waals surface area contributed by atoms with Gasteiger partial charge in [-0.25, -0.2) is 0 Å².